The first-order valence-corrected chi connectivity index (χ1v) is 8.04. The van der Waals surface area contributed by atoms with E-state index in [0.29, 0.717) is 17.6 Å². The molecule has 0 radical (unpaired) electrons. The highest BCUT2D eigenvalue weighted by molar-refractivity contribution is 7.80. The molecule has 1 heterocycles. The minimum absolute atomic E-state index is 0.116. The van der Waals surface area contributed by atoms with E-state index in [1.54, 1.807) is 11.3 Å². The van der Waals surface area contributed by atoms with E-state index in [4.69, 9.17) is 18.0 Å². The van der Waals surface area contributed by atoms with Gasteiger partial charge in [0.25, 0.3) is 0 Å². The number of nitrogens with zero attached hydrogens (tertiary/aromatic N) is 1. The summed E-state index contributed by atoms with van der Waals surface area (Å²) in [5, 5.41) is 2.04. The van der Waals surface area contributed by atoms with Crippen molar-refractivity contribution in [2.45, 2.75) is 45.2 Å². The first-order valence-electron chi connectivity index (χ1n) is 6.75. The molecular formula is C14H20N2OS2. The van der Waals surface area contributed by atoms with Gasteiger partial charge >= 0.3 is 0 Å². The van der Waals surface area contributed by atoms with Gasteiger partial charge in [-0.25, -0.2) is 0 Å². The van der Waals surface area contributed by atoms with E-state index in [2.05, 4.69) is 13.0 Å². The molecule has 2 rings (SSSR count). The number of thiocarbonyl (C=S) groups is 1. The number of hydrogen-bond donors (Lipinski definition) is 1. The Bertz CT molecular complexity index is 440. The molecule has 104 valence electrons. The molecule has 1 unspecified atom stereocenters. The van der Waals surface area contributed by atoms with Gasteiger partial charge in [0, 0.05) is 10.9 Å². The number of nitrogens with two attached hydrogens (primary N) is 1. The smallest absolute Gasteiger partial charge is 0.233 e. The third kappa shape index (κ3) is 3.76. The molecule has 1 saturated carbocycles. The van der Waals surface area contributed by atoms with Gasteiger partial charge < -0.3 is 10.6 Å². The molecule has 5 heteroatoms. The normalized spacial score (nSPS) is 16.1. The van der Waals surface area contributed by atoms with Crippen molar-refractivity contribution in [1.82, 2.24) is 4.90 Å². The fourth-order valence-electron chi connectivity index (χ4n) is 2.22. The van der Waals surface area contributed by atoms with Crippen molar-refractivity contribution in [2.75, 3.05) is 0 Å². The topological polar surface area (TPSA) is 46.3 Å². The predicted octanol–water partition coefficient (Wildman–Crippen LogP) is 2.94. The molecule has 0 aromatic carbocycles. The van der Waals surface area contributed by atoms with Crippen molar-refractivity contribution in [2.24, 2.45) is 11.7 Å². The molecule has 1 aromatic heterocycles. The third-order valence-electron chi connectivity index (χ3n) is 3.40. The van der Waals surface area contributed by atoms with E-state index in [-0.39, 0.29) is 11.8 Å². The van der Waals surface area contributed by atoms with Crippen molar-refractivity contribution in [3.63, 3.8) is 0 Å². The lowest BCUT2D eigenvalue weighted by Gasteiger charge is -2.26. The Hall–Kier alpha value is -0.940. The summed E-state index contributed by atoms with van der Waals surface area (Å²) in [5.41, 5.74) is 5.74. The zero-order valence-corrected chi connectivity index (χ0v) is 12.8. The summed E-state index contributed by atoms with van der Waals surface area (Å²) in [6.07, 6.45) is 3.88. The molecule has 19 heavy (non-hydrogen) atoms. The molecule has 0 saturated heterocycles. The highest BCUT2D eigenvalue weighted by atomic mass is 32.1. The lowest BCUT2D eigenvalue weighted by atomic mass is 10.0. The number of thiophene rings is 1. The van der Waals surface area contributed by atoms with Crippen LogP contribution in [0, 0.1) is 5.92 Å². The summed E-state index contributed by atoms with van der Waals surface area (Å²) >= 11 is 6.76. The Labute approximate surface area is 123 Å². The van der Waals surface area contributed by atoms with Crippen molar-refractivity contribution in [3.05, 3.63) is 22.4 Å². The maximum atomic E-state index is 12.6. The van der Waals surface area contributed by atoms with E-state index in [1.165, 1.54) is 4.88 Å². The van der Waals surface area contributed by atoms with Gasteiger partial charge in [0.15, 0.2) is 0 Å². The predicted molar refractivity (Wildman–Crippen MR) is 83.1 cm³/mol. The molecule has 2 N–H and O–H groups in total. The Kier molecular flexibility index (Phi) is 4.93. The van der Waals surface area contributed by atoms with Crippen LogP contribution in [0.25, 0.3) is 0 Å². The summed E-state index contributed by atoms with van der Waals surface area (Å²) in [6, 6.07) is 4.48. The van der Waals surface area contributed by atoms with Gasteiger partial charge in [-0.1, -0.05) is 31.6 Å². The van der Waals surface area contributed by atoms with Crippen LogP contribution in [-0.2, 0) is 11.3 Å². The van der Waals surface area contributed by atoms with Gasteiger partial charge in [0.2, 0.25) is 5.91 Å². The van der Waals surface area contributed by atoms with Crippen LogP contribution in [0.3, 0.4) is 0 Å². The van der Waals surface area contributed by atoms with Crippen LogP contribution < -0.4 is 5.73 Å². The van der Waals surface area contributed by atoms with Crippen LogP contribution in [0.2, 0.25) is 0 Å². The Morgan fingerprint density at radius 3 is 2.84 bits per heavy atom. The molecule has 1 aliphatic carbocycles. The van der Waals surface area contributed by atoms with E-state index in [1.807, 2.05) is 16.3 Å². The fourth-order valence-corrected chi connectivity index (χ4v) is 3.14. The van der Waals surface area contributed by atoms with E-state index < -0.39 is 0 Å². The van der Waals surface area contributed by atoms with E-state index in [9.17, 15) is 4.79 Å². The summed E-state index contributed by atoms with van der Waals surface area (Å²) in [7, 11) is 0. The molecule has 1 aromatic rings. The number of amides is 1. The van der Waals surface area contributed by atoms with Gasteiger partial charge in [-0.2, -0.15) is 0 Å². The first kappa shape index (κ1) is 14.5. The zero-order valence-electron chi connectivity index (χ0n) is 11.2. The van der Waals surface area contributed by atoms with Gasteiger partial charge in [0.1, 0.15) is 0 Å². The lowest BCUT2D eigenvalue weighted by molar-refractivity contribution is -0.134. The third-order valence-corrected chi connectivity index (χ3v) is 4.54. The average Bonchev–Trinajstić information content (AvgIpc) is 3.09. The van der Waals surface area contributed by atoms with Crippen LogP contribution in [0.5, 0.6) is 0 Å². The van der Waals surface area contributed by atoms with Gasteiger partial charge in [-0.05, 0) is 30.7 Å². The molecule has 0 aliphatic heterocycles. The monoisotopic (exact) mass is 296 g/mol. The van der Waals surface area contributed by atoms with Crippen LogP contribution in [-0.4, -0.2) is 21.8 Å². The second-order valence-corrected chi connectivity index (χ2v) is 6.52. The molecule has 0 spiro atoms. The largest absolute Gasteiger partial charge is 0.393 e. The lowest BCUT2D eigenvalue weighted by Crippen LogP contribution is -2.41. The molecule has 0 bridgehead atoms. The molecular weight excluding hydrogens is 276 g/mol. The van der Waals surface area contributed by atoms with Crippen molar-refractivity contribution >= 4 is 34.5 Å². The zero-order chi connectivity index (χ0) is 13.8. The molecule has 1 amide bonds. The van der Waals surface area contributed by atoms with Gasteiger partial charge in [-0.15, -0.1) is 11.3 Å². The fraction of sp³-hybridized carbons (Fsp3) is 0.571. The van der Waals surface area contributed by atoms with Crippen molar-refractivity contribution < 1.29 is 4.79 Å². The van der Waals surface area contributed by atoms with Crippen LogP contribution in [0.15, 0.2) is 17.5 Å². The summed E-state index contributed by atoms with van der Waals surface area (Å²) in [5.74, 6) is -0.175. The minimum Gasteiger partial charge on any atom is -0.393 e. The highest BCUT2D eigenvalue weighted by Crippen LogP contribution is 2.31. The highest BCUT2D eigenvalue weighted by Gasteiger charge is 2.36. The Morgan fingerprint density at radius 1 is 1.63 bits per heavy atom. The van der Waals surface area contributed by atoms with E-state index >= 15 is 0 Å². The molecule has 1 aliphatic rings. The molecule has 1 fully saturated rings. The van der Waals surface area contributed by atoms with E-state index in [0.717, 1.165) is 25.7 Å². The van der Waals surface area contributed by atoms with Crippen LogP contribution in [0.1, 0.15) is 37.5 Å². The number of hydrogen-bond acceptors (Lipinski definition) is 3. The SMILES string of the molecule is CCCC(C(=O)N(Cc1cccs1)C1CC1)C(N)=S. The average molecular weight is 296 g/mol. The van der Waals surface area contributed by atoms with Crippen LogP contribution in [0.4, 0.5) is 0 Å². The summed E-state index contributed by atoms with van der Waals surface area (Å²) in [6.45, 7) is 2.75. The Balaban J connectivity index is 2.09. The standard InChI is InChI=1S/C14H20N2OS2/c1-2-4-12(13(15)18)14(17)16(10-6-7-10)9-11-5-3-8-19-11/h3,5,8,10,12H,2,4,6-7,9H2,1H3,(H2,15,18). The second kappa shape index (κ2) is 6.48. The maximum Gasteiger partial charge on any atom is 0.233 e. The summed E-state index contributed by atoms with van der Waals surface area (Å²) in [4.78, 5) is 16.2. The first-order chi connectivity index (χ1) is 9.13. The Morgan fingerprint density at radius 2 is 2.37 bits per heavy atom. The van der Waals surface area contributed by atoms with Crippen molar-refractivity contribution in [3.8, 4) is 0 Å². The number of carbonyl (C=O) groups is 1. The van der Waals surface area contributed by atoms with Crippen molar-refractivity contribution in [1.29, 1.82) is 0 Å². The number of carbonyl (C=O) groups excluding carboxylic acids is 1. The van der Waals surface area contributed by atoms with Gasteiger partial charge in [0.05, 0.1) is 17.5 Å². The minimum atomic E-state index is -0.291. The molecule has 3 nitrogen and oxygen atoms in total. The van der Waals surface area contributed by atoms with Gasteiger partial charge in [-0.3, -0.25) is 4.79 Å². The maximum absolute atomic E-state index is 12.6. The quantitative estimate of drug-likeness (QED) is 0.787. The summed E-state index contributed by atoms with van der Waals surface area (Å²) < 4.78 is 0. The second-order valence-electron chi connectivity index (χ2n) is 5.02. The molecule has 1 atom stereocenters. The van der Waals surface area contributed by atoms with Crippen LogP contribution >= 0.6 is 23.6 Å². The number of rotatable bonds is 7.